The molecule has 1 amide bonds. The summed E-state index contributed by atoms with van der Waals surface area (Å²) in [5, 5.41) is 6.49. The van der Waals surface area contributed by atoms with Gasteiger partial charge in [0.15, 0.2) is 0 Å². The molecule has 4 nitrogen and oxygen atoms in total. The van der Waals surface area contributed by atoms with Crippen molar-refractivity contribution >= 4 is 5.91 Å². The van der Waals surface area contributed by atoms with Crippen molar-refractivity contribution in [3.8, 4) is 5.75 Å². The number of nitrogens with one attached hydrogen (secondary N) is 2. The second-order valence-corrected chi connectivity index (χ2v) is 6.94. The van der Waals surface area contributed by atoms with Crippen LogP contribution < -0.4 is 15.4 Å². The van der Waals surface area contributed by atoms with Crippen LogP contribution in [0.4, 0.5) is 0 Å². The number of rotatable bonds is 7. The van der Waals surface area contributed by atoms with Gasteiger partial charge in [0.05, 0.1) is 6.61 Å². The molecule has 0 bridgehead atoms. The molecule has 3 rings (SSSR count). The van der Waals surface area contributed by atoms with Gasteiger partial charge in [-0.25, -0.2) is 0 Å². The minimum absolute atomic E-state index is 0.226. The largest absolute Gasteiger partial charge is 0.494 e. The van der Waals surface area contributed by atoms with Crippen LogP contribution in [0.2, 0.25) is 0 Å². The first-order chi connectivity index (χ1) is 11.2. The molecule has 1 atom stereocenters. The molecule has 0 radical (unpaired) electrons. The van der Waals surface area contributed by atoms with Crippen LogP contribution >= 0.6 is 0 Å². The summed E-state index contributed by atoms with van der Waals surface area (Å²) < 4.78 is 5.72. The Kier molecular flexibility index (Phi) is 5.21. The van der Waals surface area contributed by atoms with Crippen molar-refractivity contribution < 1.29 is 9.53 Å². The SMILES string of the molecule is CCCCOc1cccc(CNC(=O)C2CC23CCNCC3)c1. The monoisotopic (exact) mass is 316 g/mol. The minimum Gasteiger partial charge on any atom is -0.494 e. The van der Waals surface area contributed by atoms with Gasteiger partial charge in [0, 0.05) is 12.5 Å². The summed E-state index contributed by atoms with van der Waals surface area (Å²) in [5.74, 6) is 1.35. The van der Waals surface area contributed by atoms with Crippen LogP contribution in [0.5, 0.6) is 5.75 Å². The van der Waals surface area contributed by atoms with Crippen molar-refractivity contribution in [2.75, 3.05) is 19.7 Å². The fraction of sp³-hybridized carbons (Fsp3) is 0.632. The highest BCUT2D eigenvalue weighted by Crippen LogP contribution is 2.58. The lowest BCUT2D eigenvalue weighted by Gasteiger charge is -2.23. The maximum absolute atomic E-state index is 12.4. The first-order valence-corrected chi connectivity index (χ1v) is 8.94. The second kappa shape index (κ2) is 7.35. The topological polar surface area (TPSA) is 50.4 Å². The van der Waals surface area contributed by atoms with E-state index in [0.717, 1.165) is 63.1 Å². The van der Waals surface area contributed by atoms with Gasteiger partial charge in [-0.15, -0.1) is 0 Å². The van der Waals surface area contributed by atoms with E-state index in [1.54, 1.807) is 0 Å². The first-order valence-electron chi connectivity index (χ1n) is 8.94. The smallest absolute Gasteiger partial charge is 0.223 e. The predicted molar refractivity (Wildman–Crippen MR) is 91.3 cm³/mol. The van der Waals surface area contributed by atoms with Gasteiger partial charge in [-0.05, 0) is 61.9 Å². The van der Waals surface area contributed by atoms with Gasteiger partial charge in [-0.1, -0.05) is 25.5 Å². The highest BCUT2D eigenvalue weighted by atomic mass is 16.5. The minimum atomic E-state index is 0.226. The number of carbonyl (C=O) groups is 1. The molecule has 2 aliphatic rings. The number of piperidine rings is 1. The average molecular weight is 316 g/mol. The van der Waals surface area contributed by atoms with Gasteiger partial charge in [0.1, 0.15) is 5.75 Å². The molecule has 1 spiro atoms. The molecule has 1 aromatic carbocycles. The standard InChI is InChI=1S/C19H28N2O2/c1-2-3-11-23-16-6-4-5-15(12-16)14-21-18(22)17-13-19(17)7-9-20-10-8-19/h4-6,12,17,20H,2-3,7-11,13-14H2,1H3,(H,21,22). The van der Waals surface area contributed by atoms with E-state index in [1.165, 1.54) is 0 Å². The first kappa shape index (κ1) is 16.3. The summed E-state index contributed by atoms with van der Waals surface area (Å²) in [6.07, 6.45) is 5.56. The van der Waals surface area contributed by atoms with E-state index in [2.05, 4.69) is 17.6 Å². The number of hydrogen-bond acceptors (Lipinski definition) is 3. The van der Waals surface area contributed by atoms with Gasteiger partial charge < -0.3 is 15.4 Å². The molecule has 4 heteroatoms. The maximum Gasteiger partial charge on any atom is 0.223 e. The molecule has 2 N–H and O–H groups in total. The molecule has 0 aromatic heterocycles. The highest BCUT2D eigenvalue weighted by molar-refractivity contribution is 5.82. The second-order valence-electron chi connectivity index (χ2n) is 6.94. The molecule has 1 aliphatic carbocycles. The summed E-state index contributed by atoms with van der Waals surface area (Å²) in [7, 11) is 0. The van der Waals surface area contributed by atoms with Crippen molar-refractivity contribution in [1.29, 1.82) is 0 Å². The van der Waals surface area contributed by atoms with Crippen LogP contribution in [-0.2, 0) is 11.3 Å². The highest BCUT2D eigenvalue weighted by Gasteiger charge is 2.57. The van der Waals surface area contributed by atoms with Crippen molar-refractivity contribution in [3.05, 3.63) is 29.8 Å². The number of ether oxygens (including phenoxy) is 1. The molecule has 1 saturated carbocycles. The molecular weight excluding hydrogens is 288 g/mol. The van der Waals surface area contributed by atoms with Crippen molar-refractivity contribution in [2.24, 2.45) is 11.3 Å². The molecule has 126 valence electrons. The Morgan fingerprint density at radius 2 is 2.22 bits per heavy atom. The molecule has 1 heterocycles. The molecule has 23 heavy (non-hydrogen) atoms. The Morgan fingerprint density at radius 3 is 3.00 bits per heavy atom. The number of unbranched alkanes of at least 4 members (excludes halogenated alkanes) is 1. The van der Waals surface area contributed by atoms with Gasteiger partial charge in [0.2, 0.25) is 5.91 Å². The van der Waals surface area contributed by atoms with E-state index in [4.69, 9.17) is 4.74 Å². The summed E-state index contributed by atoms with van der Waals surface area (Å²) in [4.78, 5) is 12.4. The van der Waals surface area contributed by atoms with E-state index in [1.807, 2.05) is 24.3 Å². The lowest BCUT2D eigenvalue weighted by Crippen LogP contribution is -2.33. The van der Waals surface area contributed by atoms with Crippen LogP contribution in [0, 0.1) is 11.3 Å². The summed E-state index contributed by atoms with van der Waals surface area (Å²) >= 11 is 0. The number of hydrogen-bond donors (Lipinski definition) is 2. The van der Waals surface area contributed by atoms with Crippen LogP contribution in [0.15, 0.2) is 24.3 Å². The van der Waals surface area contributed by atoms with Crippen LogP contribution in [0.1, 0.15) is 44.6 Å². The average Bonchev–Trinajstić information content (AvgIpc) is 3.27. The van der Waals surface area contributed by atoms with Gasteiger partial charge in [0.25, 0.3) is 0 Å². The summed E-state index contributed by atoms with van der Waals surface area (Å²) in [6, 6.07) is 8.05. The Hall–Kier alpha value is -1.55. The Balaban J connectivity index is 1.47. The van der Waals surface area contributed by atoms with Crippen molar-refractivity contribution in [2.45, 2.75) is 45.6 Å². The van der Waals surface area contributed by atoms with Gasteiger partial charge >= 0.3 is 0 Å². The van der Waals surface area contributed by atoms with E-state index in [0.29, 0.717) is 12.0 Å². The van der Waals surface area contributed by atoms with Crippen LogP contribution in [0.3, 0.4) is 0 Å². The lowest BCUT2D eigenvalue weighted by molar-refractivity contribution is -0.123. The maximum atomic E-state index is 12.4. The number of benzene rings is 1. The van der Waals surface area contributed by atoms with E-state index < -0.39 is 0 Å². The third kappa shape index (κ3) is 4.05. The number of carbonyl (C=O) groups excluding carboxylic acids is 1. The van der Waals surface area contributed by atoms with Crippen LogP contribution in [-0.4, -0.2) is 25.6 Å². The third-order valence-electron chi connectivity index (χ3n) is 5.24. The molecule has 1 unspecified atom stereocenters. The molecule has 1 saturated heterocycles. The van der Waals surface area contributed by atoms with Gasteiger partial charge in [-0.3, -0.25) is 4.79 Å². The summed E-state index contributed by atoms with van der Waals surface area (Å²) in [5.41, 5.74) is 1.41. The zero-order chi connectivity index (χ0) is 16.1. The normalized spacial score (nSPS) is 21.9. The zero-order valence-corrected chi connectivity index (χ0v) is 14.1. The van der Waals surface area contributed by atoms with E-state index >= 15 is 0 Å². The van der Waals surface area contributed by atoms with Gasteiger partial charge in [-0.2, -0.15) is 0 Å². The van der Waals surface area contributed by atoms with E-state index in [-0.39, 0.29) is 11.8 Å². The number of amides is 1. The molecule has 2 fully saturated rings. The zero-order valence-electron chi connectivity index (χ0n) is 14.1. The molecule has 1 aromatic rings. The third-order valence-corrected chi connectivity index (χ3v) is 5.24. The Morgan fingerprint density at radius 1 is 1.39 bits per heavy atom. The predicted octanol–water partition coefficient (Wildman–Crippen LogP) is 2.87. The summed E-state index contributed by atoms with van der Waals surface area (Å²) in [6.45, 7) is 5.61. The quantitative estimate of drug-likeness (QED) is 0.761. The lowest BCUT2D eigenvalue weighted by atomic mass is 9.92. The van der Waals surface area contributed by atoms with Crippen molar-refractivity contribution in [3.63, 3.8) is 0 Å². The Bertz CT molecular complexity index is 538. The van der Waals surface area contributed by atoms with Crippen LogP contribution in [0.25, 0.3) is 0 Å². The Labute approximate surface area is 139 Å². The fourth-order valence-corrected chi connectivity index (χ4v) is 3.59. The molecule has 1 aliphatic heterocycles. The van der Waals surface area contributed by atoms with E-state index in [9.17, 15) is 4.79 Å². The fourth-order valence-electron chi connectivity index (χ4n) is 3.59. The molecular formula is C19H28N2O2. The van der Waals surface area contributed by atoms with Crippen molar-refractivity contribution in [1.82, 2.24) is 10.6 Å².